The Bertz CT molecular complexity index is 1160. The van der Waals surface area contributed by atoms with E-state index in [9.17, 15) is 4.79 Å². The SMILES string of the molecule is O=C(Nc1ccc2c(c1)Cc1ccccc1-2)[C@H](Cc1ccccc1)n1cnnn1. The van der Waals surface area contributed by atoms with Crippen molar-refractivity contribution in [3.63, 3.8) is 0 Å². The fraction of sp³-hybridized carbons (Fsp3) is 0.130. The molecule has 1 N–H and O–H groups in total. The van der Waals surface area contributed by atoms with Crippen LogP contribution in [0.4, 0.5) is 5.69 Å². The summed E-state index contributed by atoms with van der Waals surface area (Å²) in [6, 6.07) is 23.9. The molecule has 6 heteroatoms. The zero-order valence-corrected chi connectivity index (χ0v) is 15.7. The molecule has 0 fully saturated rings. The van der Waals surface area contributed by atoms with Gasteiger partial charge in [-0.3, -0.25) is 4.79 Å². The zero-order valence-electron chi connectivity index (χ0n) is 15.7. The van der Waals surface area contributed by atoms with Crippen LogP contribution < -0.4 is 5.32 Å². The van der Waals surface area contributed by atoms with E-state index in [2.05, 4.69) is 57.2 Å². The number of nitrogens with zero attached hydrogens (tertiary/aromatic N) is 4. The van der Waals surface area contributed by atoms with E-state index in [0.29, 0.717) is 6.42 Å². The summed E-state index contributed by atoms with van der Waals surface area (Å²) in [4.78, 5) is 13.1. The second kappa shape index (κ2) is 7.31. The monoisotopic (exact) mass is 381 g/mol. The van der Waals surface area contributed by atoms with Crippen molar-refractivity contribution in [1.29, 1.82) is 0 Å². The van der Waals surface area contributed by atoms with Crippen molar-refractivity contribution in [1.82, 2.24) is 20.2 Å². The molecule has 1 aliphatic rings. The van der Waals surface area contributed by atoms with Crippen molar-refractivity contribution < 1.29 is 4.79 Å². The first-order valence-corrected chi connectivity index (χ1v) is 9.56. The maximum absolute atomic E-state index is 13.1. The molecule has 0 bridgehead atoms. The van der Waals surface area contributed by atoms with Gasteiger partial charge in [-0.05, 0) is 56.8 Å². The van der Waals surface area contributed by atoms with Crippen LogP contribution in [-0.2, 0) is 17.6 Å². The predicted molar refractivity (Wildman–Crippen MR) is 110 cm³/mol. The first-order chi connectivity index (χ1) is 14.3. The Kier molecular flexibility index (Phi) is 4.37. The second-order valence-electron chi connectivity index (χ2n) is 7.19. The highest BCUT2D eigenvalue weighted by atomic mass is 16.2. The van der Waals surface area contributed by atoms with Gasteiger partial charge in [0.15, 0.2) is 0 Å². The average molecular weight is 381 g/mol. The van der Waals surface area contributed by atoms with Gasteiger partial charge >= 0.3 is 0 Å². The molecular formula is C23H19N5O. The van der Waals surface area contributed by atoms with Gasteiger partial charge in [0.2, 0.25) is 5.91 Å². The maximum Gasteiger partial charge on any atom is 0.249 e. The molecule has 0 radical (unpaired) electrons. The lowest BCUT2D eigenvalue weighted by atomic mass is 10.0. The number of carbonyl (C=O) groups is 1. The second-order valence-corrected chi connectivity index (χ2v) is 7.19. The topological polar surface area (TPSA) is 72.7 Å². The molecule has 3 aromatic carbocycles. The van der Waals surface area contributed by atoms with E-state index in [1.165, 1.54) is 33.3 Å². The molecule has 0 spiro atoms. The number of amides is 1. The summed E-state index contributed by atoms with van der Waals surface area (Å²) in [6.07, 6.45) is 2.87. The molecule has 142 valence electrons. The van der Waals surface area contributed by atoms with E-state index in [4.69, 9.17) is 0 Å². The van der Waals surface area contributed by atoms with Crippen LogP contribution in [0, 0.1) is 0 Å². The highest BCUT2D eigenvalue weighted by Gasteiger charge is 2.24. The van der Waals surface area contributed by atoms with Gasteiger partial charge in [0, 0.05) is 12.1 Å². The summed E-state index contributed by atoms with van der Waals surface area (Å²) >= 11 is 0. The fourth-order valence-electron chi connectivity index (χ4n) is 3.90. The van der Waals surface area contributed by atoms with Crippen molar-refractivity contribution >= 4 is 11.6 Å². The molecule has 1 aliphatic carbocycles. The van der Waals surface area contributed by atoms with Crippen LogP contribution in [0.2, 0.25) is 0 Å². The first kappa shape index (κ1) is 17.3. The molecule has 0 unspecified atom stereocenters. The van der Waals surface area contributed by atoms with Crippen molar-refractivity contribution in [2.24, 2.45) is 0 Å². The molecule has 0 aliphatic heterocycles. The molecule has 29 heavy (non-hydrogen) atoms. The van der Waals surface area contributed by atoms with Crippen LogP contribution in [-0.4, -0.2) is 26.1 Å². The largest absolute Gasteiger partial charge is 0.324 e. The first-order valence-electron chi connectivity index (χ1n) is 9.56. The van der Waals surface area contributed by atoms with Gasteiger partial charge in [-0.25, -0.2) is 4.68 Å². The van der Waals surface area contributed by atoms with Gasteiger partial charge in [0.1, 0.15) is 12.4 Å². The van der Waals surface area contributed by atoms with E-state index >= 15 is 0 Å². The predicted octanol–water partition coefficient (Wildman–Crippen LogP) is 3.67. The highest BCUT2D eigenvalue weighted by molar-refractivity contribution is 5.94. The molecule has 1 atom stereocenters. The number of tetrazole rings is 1. The number of rotatable bonds is 5. The number of benzene rings is 3. The summed E-state index contributed by atoms with van der Waals surface area (Å²) in [7, 11) is 0. The molecule has 0 saturated carbocycles. The Morgan fingerprint density at radius 2 is 1.76 bits per heavy atom. The summed E-state index contributed by atoms with van der Waals surface area (Å²) in [5, 5.41) is 14.4. The van der Waals surface area contributed by atoms with Crippen molar-refractivity contribution in [3.05, 3.63) is 95.8 Å². The molecular weight excluding hydrogens is 362 g/mol. The lowest BCUT2D eigenvalue weighted by Gasteiger charge is -2.17. The lowest BCUT2D eigenvalue weighted by molar-refractivity contribution is -0.119. The molecule has 1 heterocycles. The number of anilines is 1. The van der Waals surface area contributed by atoms with E-state index in [1.54, 1.807) is 0 Å². The Labute approximate surface area is 168 Å². The number of fused-ring (bicyclic) bond motifs is 3. The summed E-state index contributed by atoms with van der Waals surface area (Å²) in [6.45, 7) is 0. The minimum absolute atomic E-state index is 0.142. The van der Waals surface area contributed by atoms with E-state index < -0.39 is 6.04 Å². The van der Waals surface area contributed by atoms with Gasteiger partial charge in [0.25, 0.3) is 0 Å². The van der Waals surface area contributed by atoms with Crippen molar-refractivity contribution in [2.45, 2.75) is 18.9 Å². The third-order valence-electron chi connectivity index (χ3n) is 5.32. The van der Waals surface area contributed by atoms with Crippen molar-refractivity contribution in [3.8, 4) is 11.1 Å². The summed E-state index contributed by atoms with van der Waals surface area (Å²) < 4.78 is 1.51. The molecule has 6 nitrogen and oxygen atoms in total. The Hall–Kier alpha value is -3.80. The fourth-order valence-corrected chi connectivity index (χ4v) is 3.90. The number of hydrogen-bond acceptors (Lipinski definition) is 4. The lowest BCUT2D eigenvalue weighted by Crippen LogP contribution is -2.28. The molecule has 0 saturated heterocycles. The van der Waals surface area contributed by atoms with Crippen LogP contribution in [0.25, 0.3) is 11.1 Å². The van der Waals surface area contributed by atoms with Crippen LogP contribution in [0.1, 0.15) is 22.7 Å². The summed E-state index contributed by atoms with van der Waals surface area (Å²) in [5.41, 5.74) is 6.89. The molecule has 5 rings (SSSR count). The molecule has 4 aromatic rings. The highest BCUT2D eigenvalue weighted by Crippen LogP contribution is 2.37. The Balaban J connectivity index is 1.39. The number of carbonyl (C=O) groups excluding carboxylic acids is 1. The Morgan fingerprint density at radius 1 is 0.966 bits per heavy atom. The molecule has 1 amide bonds. The van der Waals surface area contributed by atoms with E-state index in [1.807, 2.05) is 36.4 Å². The number of nitrogens with one attached hydrogen (secondary N) is 1. The van der Waals surface area contributed by atoms with Gasteiger partial charge in [0.05, 0.1) is 0 Å². The van der Waals surface area contributed by atoms with E-state index in [0.717, 1.165) is 17.7 Å². The van der Waals surface area contributed by atoms with Crippen molar-refractivity contribution in [2.75, 3.05) is 5.32 Å². The molecule has 1 aromatic heterocycles. The maximum atomic E-state index is 13.1. The van der Waals surface area contributed by atoms with E-state index in [-0.39, 0.29) is 5.91 Å². The quantitative estimate of drug-likeness (QED) is 0.504. The van der Waals surface area contributed by atoms with Crippen LogP contribution in [0.3, 0.4) is 0 Å². The summed E-state index contributed by atoms with van der Waals surface area (Å²) in [5.74, 6) is -0.142. The number of hydrogen-bond donors (Lipinski definition) is 1. The minimum atomic E-state index is -0.530. The normalized spacial score (nSPS) is 12.8. The number of aromatic nitrogens is 4. The smallest absolute Gasteiger partial charge is 0.249 e. The third kappa shape index (κ3) is 3.40. The van der Waals surface area contributed by atoms with Gasteiger partial charge in [-0.1, -0.05) is 60.7 Å². The Morgan fingerprint density at radius 3 is 2.59 bits per heavy atom. The van der Waals surface area contributed by atoms with Crippen LogP contribution >= 0.6 is 0 Å². The standard InChI is InChI=1S/C23H19N5O/c29-23(22(28-15-24-26-27-28)12-16-6-2-1-3-7-16)25-19-10-11-21-18(14-19)13-17-8-4-5-9-20(17)21/h1-11,14-15,22H,12-13H2,(H,25,29)/t22-/m0/s1. The van der Waals surface area contributed by atoms with Gasteiger partial charge in [-0.15, -0.1) is 5.10 Å². The minimum Gasteiger partial charge on any atom is -0.324 e. The van der Waals surface area contributed by atoms with Gasteiger partial charge < -0.3 is 5.32 Å². The zero-order chi connectivity index (χ0) is 19.6. The van der Waals surface area contributed by atoms with Crippen LogP contribution in [0.5, 0.6) is 0 Å². The average Bonchev–Trinajstić information content (AvgIpc) is 3.40. The van der Waals surface area contributed by atoms with Gasteiger partial charge in [-0.2, -0.15) is 0 Å². The third-order valence-corrected chi connectivity index (χ3v) is 5.32. The van der Waals surface area contributed by atoms with Crippen LogP contribution in [0.15, 0.2) is 79.1 Å².